The Morgan fingerprint density at radius 3 is 2.76 bits per heavy atom. The summed E-state index contributed by atoms with van der Waals surface area (Å²) in [5.74, 6) is 0.860. The molecule has 0 aliphatic carbocycles. The molecule has 2 rings (SSSR count). The van der Waals surface area contributed by atoms with Crippen LogP contribution in [0.15, 0.2) is 39.4 Å². The van der Waals surface area contributed by atoms with E-state index in [1.165, 1.54) is 6.07 Å². The van der Waals surface area contributed by atoms with Gasteiger partial charge in [0, 0.05) is 0 Å². The van der Waals surface area contributed by atoms with Gasteiger partial charge in [-0.1, -0.05) is 6.92 Å². The van der Waals surface area contributed by atoms with Gasteiger partial charge in [-0.3, -0.25) is 10.1 Å². The maximum absolute atomic E-state index is 10.5. The molecule has 2 heterocycles. The molecule has 0 fully saturated rings. The lowest BCUT2D eigenvalue weighted by molar-refractivity contribution is -0.402. The Labute approximate surface area is 97.4 Å². The minimum absolute atomic E-state index is 0.269. The largest absolute Gasteiger partial charge is 0.467 e. The summed E-state index contributed by atoms with van der Waals surface area (Å²) in [7, 11) is 0. The maximum atomic E-state index is 10.5. The molecular formula is C11H12N2O4. The van der Waals surface area contributed by atoms with Crippen LogP contribution in [0.3, 0.4) is 0 Å². The molecule has 0 radical (unpaired) electrons. The number of nitrogens with one attached hydrogen (secondary N) is 1. The number of hydrogen-bond donors (Lipinski definition) is 1. The van der Waals surface area contributed by atoms with E-state index in [0.29, 0.717) is 18.1 Å². The lowest BCUT2D eigenvalue weighted by Gasteiger charge is -2.11. The third-order valence-corrected chi connectivity index (χ3v) is 2.31. The van der Waals surface area contributed by atoms with Crippen molar-refractivity contribution in [2.75, 3.05) is 6.54 Å². The second-order valence-electron chi connectivity index (χ2n) is 3.44. The quantitative estimate of drug-likeness (QED) is 0.637. The Kier molecular flexibility index (Phi) is 3.24. The monoisotopic (exact) mass is 236 g/mol. The normalized spacial score (nSPS) is 12.5. The van der Waals surface area contributed by atoms with Gasteiger partial charge in [-0.05, 0) is 24.7 Å². The van der Waals surface area contributed by atoms with Crippen LogP contribution in [0.1, 0.15) is 24.5 Å². The highest BCUT2D eigenvalue weighted by Gasteiger charge is 2.22. The third-order valence-electron chi connectivity index (χ3n) is 2.31. The Bertz CT molecular complexity index is 489. The van der Waals surface area contributed by atoms with Crippen LogP contribution >= 0.6 is 0 Å². The fourth-order valence-corrected chi connectivity index (χ4v) is 1.60. The first-order valence-corrected chi connectivity index (χ1v) is 5.23. The molecule has 6 nitrogen and oxygen atoms in total. The van der Waals surface area contributed by atoms with E-state index in [4.69, 9.17) is 8.83 Å². The van der Waals surface area contributed by atoms with Crippen molar-refractivity contribution in [1.29, 1.82) is 0 Å². The summed E-state index contributed by atoms with van der Waals surface area (Å²) in [4.78, 5) is 9.99. The van der Waals surface area contributed by atoms with Crippen LogP contribution in [0.2, 0.25) is 0 Å². The fourth-order valence-electron chi connectivity index (χ4n) is 1.60. The molecule has 0 spiro atoms. The van der Waals surface area contributed by atoms with Crippen LogP contribution in [0, 0.1) is 10.1 Å². The Morgan fingerprint density at radius 1 is 1.41 bits per heavy atom. The first-order valence-electron chi connectivity index (χ1n) is 5.23. The maximum Gasteiger partial charge on any atom is 0.433 e. The second kappa shape index (κ2) is 4.84. The fraction of sp³-hybridized carbons (Fsp3) is 0.273. The van der Waals surface area contributed by atoms with E-state index < -0.39 is 4.92 Å². The zero-order chi connectivity index (χ0) is 12.3. The van der Waals surface area contributed by atoms with Gasteiger partial charge in [-0.15, -0.1) is 0 Å². The predicted molar refractivity (Wildman–Crippen MR) is 59.6 cm³/mol. The number of nitro groups is 1. The van der Waals surface area contributed by atoms with Crippen molar-refractivity contribution in [2.45, 2.75) is 13.0 Å². The van der Waals surface area contributed by atoms with Gasteiger partial charge >= 0.3 is 5.88 Å². The topological polar surface area (TPSA) is 81.5 Å². The van der Waals surface area contributed by atoms with Crippen LogP contribution in [-0.4, -0.2) is 11.5 Å². The number of rotatable bonds is 5. The molecule has 0 amide bonds. The Hall–Kier alpha value is -2.08. The van der Waals surface area contributed by atoms with Crippen molar-refractivity contribution in [3.63, 3.8) is 0 Å². The first kappa shape index (κ1) is 11.4. The Morgan fingerprint density at radius 2 is 2.24 bits per heavy atom. The molecule has 17 heavy (non-hydrogen) atoms. The molecular weight excluding hydrogens is 224 g/mol. The van der Waals surface area contributed by atoms with Crippen molar-refractivity contribution in [1.82, 2.24) is 5.32 Å². The SMILES string of the molecule is CCNC(c1ccco1)c1ccc([N+](=O)[O-])o1. The van der Waals surface area contributed by atoms with E-state index in [9.17, 15) is 10.1 Å². The summed E-state index contributed by atoms with van der Waals surface area (Å²) in [6, 6.07) is 6.17. The van der Waals surface area contributed by atoms with Crippen LogP contribution in [0.5, 0.6) is 0 Å². The van der Waals surface area contributed by atoms with Crippen LogP contribution in [0.4, 0.5) is 5.88 Å². The van der Waals surface area contributed by atoms with Gasteiger partial charge in [0.15, 0.2) is 0 Å². The van der Waals surface area contributed by atoms with Crippen LogP contribution < -0.4 is 5.32 Å². The van der Waals surface area contributed by atoms with Crippen LogP contribution in [-0.2, 0) is 0 Å². The zero-order valence-electron chi connectivity index (χ0n) is 9.25. The van der Waals surface area contributed by atoms with E-state index in [2.05, 4.69) is 5.32 Å². The van der Waals surface area contributed by atoms with Crippen molar-refractivity contribution in [3.05, 3.63) is 52.2 Å². The van der Waals surface area contributed by atoms with Gasteiger partial charge in [0.1, 0.15) is 22.5 Å². The highest BCUT2D eigenvalue weighted by atomic mass is 16.6. The molecule has 90 valence electrons. The minimum atomic E-state index is -0.561. The van der Waals surface area contributed by atoms with E-state index in [0.717, 1.165) is 0 Å². The van der Waals surface area contributed by atoms with Crippen molar-refractivity contribution < 1.29 is 13.8 Å². The summed E-state index contributed by atoms with van der Waals surface area (Å²) in [6.07, 6.45) is 1.55. The van der Waals surface area contributed by atoms with Crippen molar-refractivity contribution in [3.8, 4) is 0 Å². The van der Waals surface area contributed by atoms with Gasteiger partial charge in [0.25, 0.3) is 0 Å². The molecule has 2 aromatic heterocycles. The first-order chi connectivity index (χ1) is 8.22. The molecule has 0 saturated heterocycles. The van der Waals surface area contributed by atoms with E-state index in [1.54, 1.807) is 24.5 Å². The van der Waals surface area contributed by atoms with Crippen LogP contribution in [0.25, 0.3) is 0 Å². The second-order valence-corrected chi connectivity index (χ2v) is 3.44. The summed E-state index contributed by atoms with van der Waals surface area (Å²) < 4.78 is 10.4. The molecule has 1 atom stereocenters. The van der Waals surface area contributed by atoms with E-state index in [-0.39, 0.29) is 11.9 Å². The van der Waals surface area contributed by atoms with Crippen molar-refractivity contribution in [2.24, 2.45) is 0 Å². The zero-order valence-corrected chi connectivity index (χ0v) is 9.25. The molecule has 1 unspecified atom stereocenters. The lowest BCUT2D eigenvalue weighted by atomic mass is 10.2. The molecule has 6 heteroatoms. The van der Waals surface area contributed by atoms with Gasteiger partial charge in [-0.2, -0.15) is 0 Å². The number of furan rings is 2. The standard InChI is InChI=1S/C11H12N2O4/c1-2-12-11(8-4-3-7-16-8)9-5-6-10(17-9)13(14)15/h3-7,11-12H,2H2,1H3. The third kappa shape index (κ3) is 2.36. The summed E-state index contributed by atoms with van der Waals surface area (Å²) in [5.41, 5.74) is 0. The average Bonchev–Trinajstić information content (AvgIpc) is 2.97. The number of nitrogens with zero attached hydrogens (tertiary/aromatic N) is 1. The van der Waals surface area contributed by atoms with Crippen molar-refractivity contribution >= 4 is 5.88 Å². The molecule has 0 aliphatic heterocycles. The molecule has 0 saturated carbocycles. The average molecular weight is 236 g/mol. The summed E-state index contributed by atoms with van der Waals surface area (Å²) in [5, 5.41) is 13.7. The smallest absolute Gasteiger partial charge is 0.433 e. The van der Waals surface area contributed by atoms with Gasteiger partial charge < -0.3 is 14.2 Å². The predicted octanol–water partition coefficient (Wildman–Crippen LogP) is 2.48. The van der Waals surface area contributed by atoms with Gasteiger partial charge in [0.05, 0.1) is 12.3 Å². The summed E-state index contributed by atoms with van der Waals surface area (Å²) in [6.45, 7) is 2.63. The van der Waals surface area contributed by atoms with Gasteiger partial charge in [-0.25, -0.2) is 0 Å². The molecule has 0 bridgehead atoms. The van der Waals surface area contributed by atoms with E-state index >= 15 is 0 Å². The Balaban J connectivity index is 2.29. The molecule has 2 aromatic rings. The van der Waals surface area contributed by atoms with E-state index in [1.807, 2.05) is 6.92 Å². The molecule has 0 aromatic carbocycles. The van der Waals surface area contributed by atoms with Gasteiger partial charge in [0.2, 0.25) is 0 Å². The highest BCUT2D eigenvalue weighted by molar-refractivity contribution is 5.24. The lowest BCUT2D eigenvalue weighted by Crippen LogP contribution is -2.20. The highest BCUT2D eigenvalue weighted by Crippen LogP contribution is 2.26. The number of hydrogen-bond acceptors (Lipinski definition) is 5. The molecule has 0 aliphatic rings. The minimum Gasteiger partial charge on any atom is -0.467 e. The molecule has 1 N–H and O–H groups in total. The summed E-state index contributed by atoms with van der Waals surface area (Å²) >= 11 is 0.